The Hall–Kier alpha value is -2.46. The molecule has 0 atom stereocenters. The van der Waals surface area contributed by atoms with E-state index < -0.39 is 0 Å². The summed E-state index contributed by atoms with van der Waals surface area (Å²) in [6.07, 6.45) is 4.56. The summed E-state index contributed by atoms with van der Waals surface area (Å²) in [5.74, 6) is 0.0809. The topological polar surface area (TPSA) is 40.6 Å². The summed E-state index contributed by atoms with van der Waals surface area (Å²) in [5.41, 5.74) is 3.73. The van der Waals surface area contributed by atoms with Crippen LogP contribution in [0.4, 0.5) is 0 Å². The molecule has 2 aromatic carbocycles. The third-order valence-corrected chi connectivity index (χ3v) is 5.93. The van der Waals surface area contributed by atoms with E-state index in [9.17, 15) is 9.59 Å². The van der Waals surface area contributed by atoms with Crippen LogP contribution in [-0.4, -0.2) is 54.2 Å². The van der Waals surface area contributed by atoms with Crippen LogP contribution < -0.4 is 0 Å². The van der Waals surface area contributed by atoms with Gasteiger partial charge in [0.05, 0.1) is 0 Å². The minimum atomic E-state index is 0.0265. The number of nitrogens with zero attached hydrogens (tertiary/aromatic N) is 2. The Morgan fingerprint density at radius 2 is 1.64 bits per heavy atom. The number of benzene rings is 2. The molecule has 4 rings (SSSR count). The summed E-state index contributed by atoms with van der Waals surface area (Å²) in [5, 5.41) is 0. The van der Waals surface area contributed by atoms with Gasteiger partial charge in [-0.2, -0.15) is 0 Å². The first-order chi connectivity index (χ1) is 13.7. The molecule has 1 saturated heterocycles. The van der Waals surface area contributed by atoms with E-state index in [-0.39, 0.29) is 11.7 Å². The van der Waals surface area contributed by atoms with Gasteiger partial charge < -0.3 is 9.80 Å². The third kappa shape index (κ3) is 3.49. The Morgan fingerprint density at radius 1 is 0.893 bits per heavy atom. The van der Waals surface area contributed by atoms with Crippen molar-refractivity contribution in [2.24, 2.45) is 0 Å². The molecule has 0 unspecified atom stereocenters. The predicted octanol–water partition coefficient (Wildman–Crippen LogP) is 4.24. The van der Waals surface area contributed by atoms with Gasteiger partial charge >= 0.3 is 0 Å². The molecular weight excluding hydrogens is 348 g/mol. The van der Waals surface area contributed by atoms with Gasteiger partial charge in [0, 0.05) is 41.9 Å². The van der Waals surface area contributed by atoms with Crippen molar-refractivity contribution in [3.05, 3.63) is 59.2 Å². The van der Waals surface area contributed by atoms with E-state index in [0.717, 1.165) is 56.7 Å². The first-order valence-electron chi connectivity index (χ1n) is 10.5. The van der Waals surface area contributed by atoms with Crippen LogP contribution in [0.5, 0.6) is 0 Å². The van der Waals surface area contributed by atoms with Crippen molar-refractivity contribution < 1.29 is 9.59 Å². The lowest BCUT2D eigenvalue weighted by molar-refractivity contribution is 0.0710. The average Bonchev–Trinajstić information content (AvgIpc) is 3.00. The number of carbonyl (C=O) groups excluding carboxylic acids is 2. The lowest BCUT2D eigenvalue weighted by Crippen LogP contribution is -2.42. The SMILES string of the molecule is CCCCN1CCCCN(C(=O)c2cccc3c2-c2ccccc2C3=O)CC1. The van der Waals surface area contributed by atoms with E-state index in [1.54, 1.807) is 0 Å². The highest BCUT2D eigenvalue weighted by Crippen LogP contribution is 2.39. The molecule has 0 aromatic heterocycles. The molecule has 0 N–H and O–H groups in total. The van der Waals surface area contributed by atoms with E-state index in [1.165, 1.54) is 12.8 Å². The fourth-order valence-corrected chi connectivity index (χ4v) is 4.36. The minimum Gasteiger partial charge on any atom is -0.337 e. The highest BCUT2D eigenvalue weighted by Gasteiger charge is 2.31. The smallest absolute Gasteiger partial charge is 0.254 e. The molecule has 4 nitrogen and oxygen atoms in total. The number of ketones is 1. The van der Waals surface area contributed by atoms with Gasteiger partial charge in [-0.05, 0) is 44.0 Å². The summed E-state index contributed by atoms with van der Waals surface area (Å²) in [6.45, 7) is 6.93. The molecule has 0 saturated carbocycles. The van der Waals surface area contributed by atoms with Gasteiger partial charge in [0.15, 0.2) is 5.78 Å². The maximum Gasteiger partial charge on any atom is 0.254 e. The van der Waals surface area contributed by atoms with Crippen LogP contribution in [0, 0.1) is 0 Å². The maximum atomic E-state index is 13.5. The second-order valence-corrected chi connectivity index (χ2v) is 7.80. The van der Waals surface area contributed by atoms with Gasteiger partial charge in [0.25, 0.3) is 5.91 Å². The lowest BCUT2D eigenvalue weighted by Gasteiger charge is -2.31. The molecule has 1 aliphatic heterocycles. The molecule has 2 aliphatic rings. The Morgan fingerprint density at radius 3 is 2.46 bits per heavy atom. The largest absolute Gasteiger partial charge is 0.337 e. The predicted molar refractivity (Wildman–Crippen MR) is 112 cm³/mol. The first-order valence-corrected chi connectivity index (χ1v) is 10.5. The monoisotopic (exact) mass is 376 g/mol. The molecule has 4 heteroatoms. The van der Waals surface area contributed by atoms with Crippen molar-refractivity contribution in [1.82, 2.24) is 9.80 Å². The van der Waals surface area contributed by atoms with Crippen LogP contribution in [0.15, 0.2) is 42.5 Å². The van der Waals surface area contributed by atoms with Crippen molar-refractivity contribution in [3.8, 4) is 11.1 Å². The maximum absolute atomic E-state index is 13.5. The van der Waals surface area contributed by atoms with E-state index in [0.29, 0.717) is 16.7 Å². The fraction of sp³-hybridized carbons (Fsp3) is 0.417. The van der Waals surface area contributed by atoms with Crippen molar-refractivity contribution in [1.29, 1.82) is 0 Å². The van der Waals surface area contributed by atoms with Crippen molar-refractivity contribution in [2.45, 2.75) is 32.6 Å². The van der Waals surface area contributed by atoms with Crippen molar-refractivity contribution >= 4 is 11.7 Å². The molecule has 1 amide bonds. The Kier molecular flexibility index (Phi) is 5.58. The zero-order chi connectivity index (χ0) is 19.5. The van der Waals surface area contributed by atoms with Crippen LogP contribution in [0.3, 0.4) is 0 Å². The fourth-order valence-electron chi connectivity index (χ4n) is 4.36. The normalized spacial score (nSPS) is 17.0. The number of carbonyl (C=O) groups is 2. The number of unbranched alkanes of at least 4 members (excludes halogenated alkanes) is 1. The third-order valence-electron chi connectivity index (χ3n) is 5.93. The van der Waals surface area contributed by atoms with E-state index in [4.69, 9.17) is 0 Å². The summed E-state index contributed by atoms with van der Waals surface area (Å²) in [6, 6.07) is 13.2. The second-order valence-electron chi connectivity index (χ2n) is 7.80. The Bertz CT molecular complexity index is 888. The number of rotatable bonds is 4. The molecule has 0 bridgehead atoms. The molecule has 1 aliphatic carbocycles. The Labute approximate surface area is 167 Å². The standard InChI is InChI=1S/C24H28N2O2/c1-2-3-13-25-14-6-7-15-26(17-16-25)24(28)21-12-8-11-20-22(21)18-9-4-5-10-19(18)23(20)27/h4-5,8-12H,2-3,6-7,13-17H2,1H3. The molecule has 28 heavy (non-hydrogen) atoms. The number of hydrogen-bond donors (Lipinski definition) is 0. The van der Waals surface area contributed by atoms with Crippen LogP contribution in [-0.2, 0) is 0 Å². The highest BCUT2D eigenvalue weighted by atomic mass is 16.2. The van der Waals surface area contributed by atoms with Crippen LogP contribution in [0.25, 0.3) is 11.1 Å². The van der Waals surface area contributed by atoms with Crippen molar-refractivity contribution in [3.63, 3.8) is 0 Å². The summed E-state index contributed by atoms with van der Waals surface area (Å²) >= 11 is 0. The van der Waals surface area contributed by atoms with Gasteiger partial charge in [0.2, 0.25) is 0 Å². The van der Waals surface area contributed by atoms with Gasteiger partial charge in [-0.1, -0.05) is 49.7 Å². The number of fused-ring (bicyclic) bond motifs is 3. The van der Waals surface area contributed by atoms with Crippen LogP contribution in [0.1, 0.15) is 58.9 Å². The van der Waals surface area contributed by atoms with Crippen LogP contribution >= 0.6 is 0 Å². The quantitative estimate of drug-likeness (QED) is 0.684. The molecule has 2 aromatic rings. The summed E-state index contributed by atoms with van der Waals surface area (Å²) in [4.78, 5) is 30.7. The van der Waals surface area contributed by atoms with Gasteiger partial charge in [0.1, 0.15) is 0 Å². The second kappa shape index (κ2) is 8.27. The van der Waals surface area contributed by atoms with Crippen molar-refractivity contribution in [2.75, 3.05) is 32.7 Å². The highest BCUT2D eigenvalue weighted by molar-refractivity contribution is 6.24. The zero-order valence-electron chi connectivity index (χ0n) is 16.6. The van der Waals surface area contributed by atoms with Gasteiger partial charge in [-0.3, -0.25) is 9.59 Å². The molecule has 146 valence electrons. The summed E-state index contributed by atoms with van der Waals surface area (Å²) < 4.78 is 0. The molecule has 0 spiro atoms. The minimum absolute atomic E-state index is 0.0265. The van der Waals surface area contributed by atoms with E-state index >= 15 is 0 Å². The molecule has 1 heterocycles. The first kappa shape index (κ1) is 18.9. The lowest BCUT2D eigenvalue weighted by atomic mass is 9.98. The van der Waals surface area contributed by atoms with E-state index in [2.05, 4.69) is 11.8 Å². The molecular formula is C24H28N2O2. The molecule has 0 radical (unpaired) electrons. The number of amides is 1. The van der Waals surface area contributed by atoms with Crippen LogP contribution in [0.2, 0.25) is 0 Å². The molecule has 1 fully saturated rings. The average molecular weight is 377 g/mol. The summed E-state index contributed by atoms with van der Waals surface area (Å²) in [7, 11) is 0. The number of hydrogen-bond acceptors (Lipinski definition) is 3. The Balaban J connectivity index is 1.61. The zero-order valence-corrected chi connectivity index (χ0v) is 16.6. The van der Waals surface area contributed by atoms with Gasteiger partial charge in [-0.25, -0.2) is 0 Å². The van der Waals surface area contributed by atoms with Gasteiger partial charge in [-0.15, -0.1) is 0 Å². The van der Waals surface area contributed by atoms with E-state index in [1.807, 2.05) is 47.4 Å².